The zero-order chi connectivity index (χ0) is 21.3. The number of nitrogens with zero attached hydrogens (tertiary/aromatic N) is 4. The second-order valence-electron chi connectivity index (χ2n) is 6.52. The lowest BCUT2D eigenvalue weighted by Crippen LogP contribution is -2.32. The first-order valence-electron chi connectivity index (χ1n) is 8.65. The highest BCUT2D eigenvalue weighted by atomic mass is 35.5. The van der Waals surface area contributed by atoms with E-state index in [2.05, 4.69) is 14.9 Å². The summed E-state index contributed by atoms with van der Waals surface area (Å²) in [5, 5.41) is 9.02. The van der Waals surface area contributed by atoms with Gasteiger partial charge in [-0.3, -0.25) is 4.79 Å². The van der Waals surface area contributed by atoms with Gasteiger partial charge in [-0.25, -0.2) is 22.5 Å². The number of rotatable bonds is 6. The van der Waals surface area contributed by atoms with E-state index >= 15 is 0 Å². The number of hydrogen-bond donors (Lipinski definition) is 1. The number of aryl methyl sites for hydroxylation is 3. The lowest BCUT2D eigenvalue weighted by Gasteiger charge is -2.11. The number of benzene rings is 1. The van der Waals surface area contributed by atoms with Crippen LogP contribution in [0.5, 0.6) is 0 Å². The summed E-state index contributed by atoms with van der Waals surface area (Å²) in [4.78, 5) is 12.0. The SMILES string of the molecule is Cc1cc(C)n(-c2ccc(=O)n(CCNS(=O)(=O)c3cc(C)c(Cl)cc3Cl)n2)n1. The third-order valence-corrected chi connectivity index (χ3v) is 6.53. The fraction of sp³-hybridized carbons (Fsp3) is 0.278. The van der Waals surface area contributed by atoms with Crippen LogP contribution in [0.15, 0.2) is 40.0 Å². The molecule has 3 rings (SSSR count). The number of hydrogen-bond acceptors (Lipinski definition) is 5. The molecule has 2 heterocycles. The smallest absolute Gasteiger partial charge is 0.266 e. The largest absolute Gasteiger partial charge is 0.268 e. The highest BCUT2D eigenvalue weighted by Crippen LogP contribution is 2.27. The average molecular weight is 456 g/mol. The summed E-state index contributed by atoms with van der Waals surface area (Å²) in [6, 6.07) is 7.62. The van der Waals surface area contributed by atoms with Gasteiger partial charge in [-0.15, -0.1) is 5.10 Å². The summed E-state index contributed by atoms with van der Waals surface area (Å²) in [6.07, 6.45) is 0. The molecule has 0 unspecified atom stereocenters. The Morgan fingerprint density at radius 2 is 1.76 bits per heavy atom. The standard InChI is InChI=1S/C18H19Cl2N5O3S/c1-11-8-16(15(20)10-14(11)19)29(27,28)21-6-7-24-18(26)5-4-17(23-24)25-13(3)9-12(2)22-25/h4-5,8-10,21H,6-7H2,1-3H3. The molecule has 0 fully saturated rings. The minimum Gasteiger partial charge on any atom is -0.268 e. The molecule has 2 aromatic heterocycles. The molecule has 0 amide bonds. The van der Waals surface area contributed by atoms with Gasteiger partial charge in [0.2, 0.25) is 10.0 Å². The van der Waals surface area contributed by atoms with Crippen LogP contribution in [0.25, 0.3) is 5.82 Å². The van der Waals surface area contributed by atoms with Crippen molar-refractivity contribution in [3.05, 3.63) is 67.7 Å². The third kappa shape index (κ3) is 4.69. The van der Waals surface area contributed by atoms with Crippen molar-refractivity contribution in [2.45, 2.75) is 32.2 Å². The van der Waals surface area contributed by atoms with Crippen LogP contribution in [-0.2, 0) is 16.6 Å². The molecule has 0 atom stereocenters. The normalized spacial score (nSPS) is 11.8. The van der Waals surface area contributed by atoms with Gasteiger partial charge >= 0.3 is 0 Å². The van der Waals surface area contributed by atoms with E-state index in [0.717, 1.165) is 11.4 Å². The Kier molecular flexibility index (Phi) is 6.13. The van der Waals surface area contributed by atoms with E-state index in [1.807, 2.05) is 19.9 Å². The molecular formula is C18H19Cl2N5O3S. The van der Waals surface area contributed by atoms with E-state index in [0.29, 0.717) is 16.4 Å². The fourth-order valence-electron chi connectivity index (χ4n) is 2.77. The first-order valence-corrected chi connectivity index (χ1v) is 10.9. The van der Waals surface area contributed by atoms with Crippen LogP contribution in [-0.4, -0.2) is 34.5 Å². The van der Waals surface area contributed by atoms with Crippen LogP contribution in [0.2, 0.25) is 10.0 Å². The molecule has 0 aliphatic heterocycles. The van der Waals surface area contributed by atoms with E-state index in [1.165, 1.54) is 22.9 Å². The van der Waals surface area contributed by atoms with Gasteiger partial charge in [-0.2, -0.15) is 5.10 Å². The first kappa shape index (κ1) is 21.5. The first-order chi connectivity index (χ1) is 13.6. The van der Waals surface area contributed by atoms with Crippen molar-refractivity contribution in [3.8, 4) is 5.82 Å². The van der Waals surface area contributed by atoms with E-state index in [-0.39, 0.29) is 28.6 Å². The third-order valence-electron chi connectivity index (χ3n) is 4.20. The van der Waals surface area contributed by atoms with Crippen molar-refractivity contribution < 1.29 is 8.42 Å². The lowest BCUT2D eigenvalue weighted by molar-refractivity contribution is 0.541. The van der Waals surface area contributed by atoms with Gasteiger partial charge in [0, 0.05) is 23.3 Å². The molecule has 0 saturated heterocycles. The zero-order valence-electron chi connectivity index (χ0n) is 16.0. The molecule has 0 aliphatic rings. The maximum Gasteiger partial charge on any atom is 0.266 e. The van der Waals surface area contributed by atoms with Crippen molar-refractivity contribution in [1.82, 2.24) is 24.3 Å². The molecule has 0 bridgehead atoms. The van der Waals surface area contributed by atoms with Crippen molar-refractivity contribution in [1.29, 1.82) is 0 Å². The second kappa shape index (κ2) is 8.27. The highest BCUT2D eigenvalue weighted by Gasteiger charge is 2.19. The minimum absolute atomic E-state index is 0.0231. The van der Waals surface area contributed by atoms with Crippen LogP contribution in [0.3, 0.4) is 0 Å². The summed E-state index contributed by atoms with van der Waals surface area (Å²) in [6.45, 7) is 5.41. The predicted octanol–water partition coefficient (Wildman–Crippen LogP) is 2.64. The molecule has 0 radical (unpaired) electrons. The summed E-state index contributed by atoms with van der Waals surface area (Å²) < 4.78 is 30.4. The van der Waals surface area contributed by atoms with Crippen molar-refractivity contribution in [3.63, 3.8) is 0 Å². The molecule has 0 saturated carbocycles. The van der Waals surface area contributed by atoms with Gasteiger partial charge in [-0.05, 0) is 50.6 Å². The number of aromatic nitrogens is 4. The minimum atomic E-state index is -3.88. The van der Waals surface area contributed by atoms with Gasteiger partial charge in [0.15, 0.2) is 5.82 Å². The Labute approximate surface area is 178 Å². The van der Waals surface area contributed by atoms with E-state index in [4.69, 9.17) is 23.2 Å². The monoisotopic (exact) mass is 455 g/mol. The van der Waals surface area contributed by atoms with E-state index in [9.17, 15) is 13.2 Å². The summed E-state index contributed by atoms with van der Waals surface area (Å²) in [5.41, 5.74) is 1.93. The molecule has 8 nitrogen and oxygen atoms in total. The Morgan fingerprint density at radius 3 is 2.41 bits per heavy atom. The topological polar surface area (TPSA) is 98.9 Å². The lowest BCUT2D eigenvalue weighted by atomic mass is 10.2. The van der Waals surface area contributed by atoms with Crippen LogP contribution in [0, 0.1) is 20.8 Å². The van der Waals surface area contributed by atoms with Crippen molar-refractivity contribution in [2.75, 3.05) is 6.54 Å². The van der Waals surface area contributed by atoms with E-state index < -0.39 is 10.0 Å². The van der Waals surface area contributed by atoms with Crippen LogP contribution in [0.4, 0.5) is 0 Å². The maximum atomic E-state index is 12.6. The Hall–Kier alpha value is -2.20. The quantitative estimate of drug-likeness (QED) is 0.615. The van der Waals surface area contributed by atoms with Gasteiger partial charge < -0.3 is 0 Å². The molecule has 1 aromatic carbocycles. The molecule has 1 N–H and O–H groups in total. The number of sulfonamides is 1. The van der Waals surface area contributed by atoms with Gasteiger partial charge in [0.25, 0.3) is 5.56 Å². The van der Waals surface area contributed by atoms with Gasteiger partial charge in [0.1, 0.15) is 4.90 Å². The van der Waals surface area contributed by atoms with Gasteiger partial charge in [0.05, 0.1) is 17.3 Å². The summed E-state index contributed by atoms with van der Waals surface area (Å²) >= 11 is 12.0. The average Bonchev–Trinajstić information content (AvgIpc) is 2.97. The molecule has 154 valence electrons. The molecule has 29 heavy (non-hydrogen) atoms. The Balaban J connectivity index is 1.78. The Morgan fingerprint density at radius 1 is 1.03 bits per heavy atom. The summed E-state index contributed by atoms with van der Waals surface area (Å²) in [7, 11) is -3.88. The van der Waals surface area contributed by atoms with E-state index in [1.54, 1.807) is 17.7 Å². The molecule has 3 aromatic rings. The highest BCUT2D eigenvalue weighted by molar-refractivity contribution is 7.89. The van der Waals surface area contributed by atoms with Crippen molar-refractivity contribution in [2.24, 2.45) is 0 Å². The Bertz CT molecular complexity index is 1230. The predicted molar refractivity (Wildman–Crippen MR) is 111 cm³/mol. The van der Waals surface area contributed by atoms with Crippen LogP contribution < -0.4 is 10.3 Å². The number of nitrogens with one attached hydrogen (secondary N) is 1. The molecule has 0 aliphatic carbocycles. The number of halogens is 2. The fourth-order valence-corrected chi connectivity index (χ4v) is 4.62. The summed E-state index contributed by atoms with van der Waals surface area (Å²) in [5.74, 6) is 0.467. The van der Waals surface area contributed by atoms with Crippen molar-refractivity contribution >= 4 is 33.2 Å². The zero-order valence-corrected chi connectivity index (χ0v) is 18.3. The van der Waals surface area contributed by atoms with Gasteiger partial charge in [-0.1, -0.05) is 23.2 Å². The molecular weight excluding hydrogens is 437 g/mol. The second-order valence-corrected chi connectivity index (χ2v) is 9.07. The molecule has 11 heteroatoms. The van der Waals surface area contributed by atoms with Crippen LogP contribution in [0.1, 0.15) is 17.0 Å². The van der Waals surface area contributed by atoms with Crippen LogP contribution >= 0.6 is 23.2 Å². The maximum absolute atomic E-state index is 12.6. The molecule has 0 spiro atoms.